The Kier molecular flexibility index (Phi) is 4.35. The molecule has 0 unspecified atom stereocenters. The van der Waals surface area contributed by atoms with Gasteiger partial charge in [-0.2, -0.15) is 0 Å². The molecule has 2 aromatic rings. The number of hydrogen-bond acceptors (Lipinski definition) is 2. The number of benzene rings is 1. The van der Waals surface area contributed by atoms with Crippen molar-refractivity contribution in [1.29, 1.82) is 0 Å². The van der Waals surface area contributed by atoms with Crippen LogP contribution in [0.2, 0.25) is 0 Å². The molecule has 0 aliphatic heterocycles. The second-order valence-corrected chi connectivity index (χ2v) is 5.71. The van der Waals surface area contributed by atoms with Gasteiger partial charge in [0.1, 0.15) is 11.6 Å². The van der Waals surface area contributed by atoms with Crippen LogP contribution in [0.4, 0.5) is 10.2 Å². The van der Waals surface area contributed by atoms with Crippen LogP contribution < -0.4 is 4.90 Å². The van der Waals surface area contributed by atoms with Gasteiger partial charge in [0.2, 0.25) is 0 Å². The normalized spacial score (nSPS) is 10.4. The third-order valence-corrected chi connectivity index (χ3v) is 3.50. The highest BCUT2D eigenvalue weighted by Crippen LogP contribution is 2.26. The monoisotopic (exact) mass is 372 g/mol. The number of aromatic nitrogens is 1. The third kappa shape index (κ3) is 3.29. The summed E-state index contributed by atoms with van der Waals surface area (Å²) in [4.78, 5) is 6.35. The summed E-state index contributed by atoms with van der Waals surface area (Å²) >= 11 is 6.85. The van der Waals surface area contributed by atoms with Gasteiger partial charge in [-0.3, -0.25) is 0 Å². The third-order valence-electron chi connectivity index (χ3n) is 2.48. The van der Waals surface area contributed by atoms with E-state index >= 15 is 0 Å². The van der Waals surface area contributed by atoms with Gasteiger partial charge in [-0.15, -0.1) is 0 Å². The van der Waals surface area contributed by atoms with Gasteiger partial charge in [-0.1, -0.05) is 12.1 Å². The summed E-state index contributed by atoms with van der Waals surface area (Å²) in [7, 11) is 1.95. The van der Waals surface area contributed by atoms with Crippen molar-refractivity contribution in [3.05, 3.63) is 56.9 Å². The van der Waals surface area contributed by atoms with Crippen LogP contribution >= 0.6 is 31.9 Å². The van der Waals surface area contributed by atoms with Crippen LogP contribution in [-0.2, 0) is 6.54 Å². The van der Waals surface area contributed by atoms with Crippen molar-refractivity contribution in [2.24, 2.45) is 0 Å². The van der Waals surface area contributed by atoms with Crippen molar-refractivity contribution in [1.82, 2.24) is 4.98 Å². The Bertz CT molecular complexity index is 543. The van der Waals surface area contributed by atoms with Crippen molar-refractivity contribution in [3.63, 3.8) is 0 Å². The number of anilines is 1. The van der Waals surface area contributed by atoms with E-state index in [2.05, 4.69) is 36.8 Å². The van der Waals surface area contributed by atoms with E-state index in [0.717, 1.165) is 20.3 Å². The molecule has 2 nitrogen and oxygen atoms in total. The van der Waals surface area contributed by atoms with Gasteiger partial charge in [-0.25, -0.2) is 9.37 Å². The van der Waals surface area contributed by atoms with Gasteiger partial charge in [-0.05, 0) is 55.6 Å². The van der Waals surface area contributed by atoms with Gasteiger partial charge < -0.3 is 4.90 Å². The second-order valence-electron chi connectivity index (χ2n) is 3.94. The predicted molar refractivity (Wildman–Crippen MR) is 78.1 cm³/mol. The maximum atomic E-state index is 12.8. The van der Waals surface area contributed by atoms with Crippen LogP contribution in [-0.4, -0.2) is 12.0 Å². The molecule has 0 saturated heterocycles. The summed E-state index contributed by atoms with van der Waals surface area (Å²) in [5.74, 6) is 0.631. The first-order chi connectivity index (χ1) is 8.56. The lowest BCUT2D eigenvalue weighted by atomic mass is 10.2. The van der Waals surface area contributed by atoms with Gasteiger partial charge in [0.15, 0.2) is 0 Å². The fourth-order valence-electron chi connectivity index (χ4n) is 1.63. The molecule has 0 N–H and O–H groups in total. The molecule has 1 heterocycles. The Morgan fingerprint density at radius 2 is 1.89 bits per heavy atom. The van der Waals surface area contributed by atoms with Crippen LogP contribution in [0, 0.1) is 5.82 Å². The lowest BCUT2D eigenvalue weighted by Gasteiger charge is -2.19. The smallest absolute Gasteiger partial charge is 0.142 e. The zero-order valence-electron chi connectivity index (χ0n) is 9.70. The van der Waals surface area contributed by atoms with E-state index in [9.17, 15) is 4.39 Å². The highest BCUT2D eigenvalue weighted by Gasteiger charge is 2.08. The van der Waals surface area contributed by atoms with Crippen molar-refractivity contribution in [2.45, 2.75) is 6.54 Å². The van der Waals surface area contributed by atoms with Crippen LogP contribution in [0.5, 0.6) is 0 Å². The molecule has 0 aliphatic carbocycles. The molecule has 0 saturated carbocycles. The van der Waals surface area contributed by atoms with E-state index in [0.29, 0.717) is 6.54 Å². The maximum Gasteiger partial charge on any atom is 0.142 e. The van der Waals surface area contributed by atoms with Crippen LogP contribution in [0.25, 0.3) is 0 Å². The van der Waals surface area contributed by atoms with E-state index in [4.69, 9.17) is 0 Å². The lowest BCUT2D eigenvalue weighted by molar-refractivity contribution is 0.627. The molecular weight excluding hydrogens is 363 g/mol. The van der Waals surface area contributed by atoms with E-state index in [1.54, 1.807) is 18.3 Å². The summed E-state index contributed by atoms with van der Waals surface area (Å²) in [5.41, 5.74) is 1.04. The molecule has 2 rings (SSSR count). The summed E-state index contributed by atoms with van der Waals surface area (Å²) in [5, 5.41) is 0. The fraction of sp³-hybridized carbons (Fsp3) is 0.154. The minimum Gasteiger partial charge on any atom is -0.354 e. The molecule has 0 fully saturated rings. The number of nitrogens with zero attached hydrogens (tertiary/aromatic N) is 2. The summed E-state index contributed by atoms with van der Waals surface area (Å²) in [6.45, 7) is 0.674. The Morgan fingerprint density at radius 1 is 1.22 bits per heavy atom. The van der Waals surface area contributed by atoms with Crippen LogP contribution in [0.1, 0.15) is 5.56 Å². The topological polar surface area (TPSA) is 16.1 Å². The molecule has 5 heteroatoms. The number of hydrogen-bond donors (Lipinski definition) is 0. The summed E-state index contributed by atoms with van der Waals surface area (Å²) in [6.07, 6.45) is 1.75. The van der Waals surface area contributed by atoms with Crippen LogP contribution in [0.15, 0.2) is 45.5 Å². The fourth-order valence-corrected chi connectivity index (χ4v) is 2.92. The molecule has 0 bridgehead atoms. The zero-order chi connectivity index (χ0) is 13.1. The minimum absolute atomic E-state index is 0.218. The molecule has 0 amide bonds. The van der Waals surface area contributed by atoms with Crippen molar-refractivity contribution >= 4 is 37.7 Å². The minimum atomic E-state index is -0.218. The molecule has 1 aromatic heterocycles. The van der Waals surface area contributed by atoms with E-state index in [1.807, 2.05) is 18.0 Å². The second kappa shape index (κ2) is 5.80. The highest BCUT2D eigenvalue weighted by molar-refractivity contribution is 9.11. The molecular formula is C13H11Br2FN2. The van der Waals surface area contributed by atoms with Gasteiger partial charge in [0, 0.05) is 24.3 Å². The molecule has 0 aliphatic rings. The highest BCUT2D eigenvalue weighted by atomic mass is 79.9. The van der Waals surface area contributed by atoms with Crippen LogP contribution in [0.3, 0.4) is 0 Å². The Morgan fingerprint density at radius 3 is 2.50 bits per heavy atom. The first kappa shape index (κ1) is 13.5. The van der Waals surface area contributed by atoms with E-state index in [-0.39, 0.29) is 5.82 Å². The first-order valence-corrected chi connectivity index (χ1v) is 6.91. The average Bonchev–Trinajstić information content (AvgIpc) is 2.32. The standard InChI is InChI=1S/C13H11Br2FN2/c1-18(8-9-2-4-11(16)5-3-9)13-12(15)6-10(14)7-17-13/h2-7H,8H2,1H3. The predicted octanol–water partition coefficient (Wildman–Crippen LogP) is 4.38. The molecule has 0 spiro atoms. The first-order valence-electron chi connectivity index (χ1n) is 5.33. The Balaban J connectivity index is 2.16. The molecule has 0 radical (unpaired) electrons. The van der Waals surface area contributed by atoms with Crippen molar-refractivity contribution < 1.29 is 4.39 Å². The Labute approximate surface area is 122 Å². The number of pyridine rings is 1. The quantitative estimate of drug-likeness (QED) is 0.793. The van der Waals surface area contributed by atoms with E-state index < -0.39 is 0 Å². The van der Waals surface area contributed by atoms with Gasteiger partial charge in [0.25, 0.3) is 0 Å². The van der Waals surface area contributed by atoms with Crippen molar-refractivity contribution in [3.8, 4) is 0 Å². The van der Waals surface area contributed by atoms with E-state index in [1.165, 1.54) is 12.1 Å². The lowest BCUT2D eigenvalue weighted by Crippen LogP contribution is -2.18. The maximum absolute atomic E-state index is 12.8. The number of halogens is 3. The Hall–Kier alpha value is -0.940. The molecule has 18 heavy (non-hydrogen) atoms. The molecule has 0 atom stereocenters. The molecule has 1 aromatic carbocycles. The zero-order valence-corrected chi connectivity index (χ0v) is 12.9. The van der Waals surface area contributed by atoms with Gasteiger partial charge >= 0.3 is 0 Å². The largest absolute Gasteiger partial charge is 0.354 e. The van der Waals surface area contributed by atoms with Gasteiger partial charge in [0.05, 0.1) is 4.47 Å². The SMILES string of the molecule is CN(Cc1ccc(F)cc1)c1ncc(Br)cc1Br. The van der Waals surface area contributed by atoms with Crippen molar-refractivity contribution in [2.75, 3.05) is 11.9 Å². The summed E-state index contributed by atoms with van der Waals surface area (Å²) in [6, 6.07) is 8.43. The summed E-state index contributed by atoms with van der Waals surface area (Å²) < 4.78 is 14.7. The number of rotatable bonds is 3. The average molecular weight is 374 g/mol. The molecule has 94 valence electrons.